The van der Waals surface area contributed by atoms with Crippen molar-refractivity contribution in [3.63, 3.8) is 0 Å². The van der Waals surface area contributed by atoms with Crippen LogP contribution in [0.15, 0.2) is 0 Å². The molecule has 3 heteroatoms. The number of nitrogens with zero attached hydrogens (tertiary/aromatic N) is 1. The summed E-state index contributed by atoms with van der Waals surface area (Å²) in [5.41, 5.74) is 0. The molecule has 0 radical (unpaired) electrons. The van der Waals surface area contributed by atoms with E-state index < -0.39 is 0 Å². The maximum Gasteiger partial charge on any atom is 0.166 e. The van der Waals surface area contributed by atoms with Gasteiger partial charge in [0.05, 0.1) is 0 Å². The van der Waals surface area contributed by atoms with E-state index in [2.05, 4.69) is 4.74 Å². The first kappa shape index (κ1) is 6.88. The molecule has 0 amide bonds. The Labute approximate surface area is 43.8 Å². The summed E-state index contributed by atoms with van der Waals surface area (Å²) in [7, 11) is 5.20. The molecule has 3 nitrogen and oxygen atoms in total. The van der Waals surface area contributed by atoms with E-state index in [9.17, 15) is 0 Å². The van der Waals surface area contributed by atoms with Crippen molar-refractivity contribution >= 4 is 0 Å². The van der Waals surface area contributed by atoms with Crippen LogP contribution in [0.25, 0.3) is 0 Å². The molecule has 0 aromatic rings. The number of methoxy groups -OCH3 is 1. The van der Waals surface area contributed by atoms with Crippen LogP contribution < -0.4 is 0 Å². The molecule has 0 spiro atoms. The van der Waals surface area contributed by atoms with Gasteiger partial charge in [-0.25, -0.2) is 0 Å². The summed E-state index contributed by atoms with van der Waals surface area (Å²) >= 11 is 0. The van der Waals surface area contributed by atoms with Crippen molar-refractivity contribution < 1.29 is 9.57 Å². The lowest BCUT2D eigenvalue weighted by Crippen LogP contribution is -2.13. The number of rotatable bonds is 3. The van der Waals surface area contributed by atoms with E-state index in [1.807, 2.05) is 0 Å². The number of hydroxylamine groups is 2. The van der Waals surface area contributed by atoms with Gasteiger partial charge in [-0.15, -0.1) is 0 Å². The van der Waals surface area contributed by atoms with Crippen molar-refractivity contribution in [3.8, 4) is 0 Å². The molecule has 0 aliphatic rings. The SMILES string of the molecule is COCON(C)C. The Morgan fingerprint density at radius 3 is 2.14 bits per heavy atom. The Morgan fingerprint density at radius 2 is 2.00 bits per heavy atom. The second-order valence-electron chi connectivity index (χ2n) is 1.35. The molecule has 0 bridgehead atoms. The van der Waals surface area contributed by atoms with Crippen LogP contribution in [0.3, 0.4) is 0 Å². The van der Waals surface area contributed by atoms with E-state index in [4.69, 9.17) is 4.84 Å². The Morgan fingerprint density at radius 1 is 1.43 bits per heavy atom. The summed E-state index contributed by atoms with van der Waals surface area (Å²) in [6.07, 6.45) is 0. The van der Waals surface area contributed by atoms with Crippen LogP contribution in [-0.4, -0.2) is 33.1 Å². The highest BCUT2D eigenvalue weighted by Gasteiger charge is 1.82. The molecule has 0 heterocycles. The minimum atomic E-state index is 0.326. The summed E-state index contributed by atoms with van der Waals surface area (Å²) in [4.78, 5) is 4.80. The fraction of sp³-hybridized carbons (Fsp3) is 1.00. The molecule has 0 saturated heterocycles. The highest BCUT2D eigenvalue weighted by molar-refractivity contribution is 4.02. The third-order valence-corrected chi connectivity index (χ3v) is 0.429. The minimum Gasteiger partial charge on any atom is -0.357 e. The molecule has 7 heavy (non-hydrogen) atoms. The molecule has 0 aromatic heterocycles. The monoisotopic (exact) mass is 105 g/mol. The molecular formula is C4H11NO2. The van der Waals surface area contributed by atoms with Gasteiger partial charge in [0.2, 0.25) is 0 Å². The van der Waals surface area contributed by atoms with Crippen LogP contribution in [0.1, 0.15) is 0 Å². The minimum absolute atomic E-state index is 0.326. The van der Waals surface area contributed by atoms with Crippen molar-refractivity contribution in [1.82, 2.24) is 5.06 Å². The van der Waals surface area contributed by atoms with Gasteiger partial charge in [-0.1, -0.05) is 0 Å². The zero-order chi connectivity index (χ0) is 5.70. The van der Waals surface area contributed by atoms with Gasteiger partial charge in [0, 0.05) is 21.2 Å². The van der Waals surface area contributed by atoms with Crippen LogP contribution in [0.4, 0.5) is 0 Å². The summed E-state index contributed by atoms with van der Waals surface area (Å²) in [6, 6.07) is 0. The molecule has 0 atom stereocenters. The Bertz CT molecular complexity index is 38.7. The van der Waals surface area contributed by atoms with E-state index in [1.165, 1.54) is 0 Å². The van der Waals surface area contributed by atoms with Gasteiger partial charge in [0.25, 0.3) is 0 Å². The molecule has 0 rings (SSSR count). The van der Waals surface area contributed by atoms with Crippen LogP contribution in [0.5, 0.6) is 0 Å². The van der Waals surface area contributed by atoms with Crippen molar-refractivity contribution in [1.29, 1.82) is 0 Å². The van der Waals surface area contributed by atoms with E-state index in [0.717, 1.165) is 0 Å². The molecule has 0 unspecified atom stereocenters. The van der Waals surface area contributed by atoms with Crippen LogP contribution in [0.2, 0.25) is 0 Å². The average Bonchev–Trinajstić information content (AvgIpc) is 1.61. The quantitative estimate of drug-likeness (QED) is 0.375. The van der Waals surface area contributed by atoms with E-state index in [1.54, 1.807) is 26.3 Å². The molecule has 0 aliphatic heterocycles. The molecule has 0 aromatic carbocycles. The standard InChI is InChI=1S/C4H11NO2/c1-5(2)7-4-6-3/h4H2,1-3H3. The maximum absolute atomic E-state index is 4.80. The lowest BCUT2D eigenvalue weighted by molar-refractivity contribution is -0.189. The van der Waals surface area contributed by atoms with Gasteiger partial charge in [-0.3, -0.25) is 4.84 Å². The van der Waals surface area contributed by atoms with E-state index in [0.29, 0.717) is 6.79 Å². The Balaban J connectivity index is 2.68. The number of hydrogen-bond donors (Lipinski definition) is 0. The third-order valence-electron chi connectivity index (χ3n) is 0.429. The van der Waals surface area contributed by atoms with E-state index in [-0.39, 0.29) is 0 Å². The van der Waals surface area contributed by atoms with Crippen molar-refractivity contribution in [2.24, 2.45) is 0 Å². The summed E-state index contributed by atoms with van der Waals surface area (Å²) < 4.78 is 4.59. The molecular weight excluding hydrogens is 94.0 g/mol. The van der Waals surface area contributed by atoms with Gasteiger partial charge in [0.15, 0.2) is 6.79 Å². The number of hydrogen-bond acceptors (Lipinski definition) is 3. The largest absolute Gasteiger partial charge is 0.357 e. The lowest BCUT2D eigenvalue weighted by atomic mass is 11.2. The highest BCUT2D eigenvalue weighted by atomic mass is 16.8. The fourth-order valence-electron chi connectivity index (χ4n) is 0.158. The summed E-state index contributed by atoms with van der Waals surface area (Å²) in [5.74, 6) is 0. The van der Waals surface area contributed by atoms with Crippen molar-refractivity contribution in [2.75, 3.05) is 28.0 Å². The molecule has 0 saturated carbocycles. The Hall–Kier alpha value is -0.120. The van der Waals surface area contributed by atoms with E-state index >= 15 is 0 Å². The van der Waals surface area contributed by atoms with Crippen molar-refractivity contribution in [3.05, 3.63) is 0 Å². The zero-order valence-electron chi connectivity index (χ0n) is 4.97. The van der Waals surface area contributed by atoms with Gasteiger partial charge in [-0.2, -0.15) is 5.06 Å². The lowest BCUT2D eigenvalue weighted by Gasteiger charge is -2.07. The van der Waals surface area contributed by atoms with Crippen LogP contribution in [0, 0.1) is 0 Å². The number of ether oxygens (including phenoxy) is 1. The Kier molecular flexibility index (Phi) is 3.98. The first-order chi connectivity index (χ1) is 3.27. The second-order valence-corrected chi connectivity index (χ2v) is 1.35. The van der Waals surface area contributed by atoms with Gasteiger partial charge >= 0.3 is 0 Å². The fourth-order valence-corrected chi connectivity index (χ4v) is 0.158. The zero-order valence-corrected chi connectivity index (χ0v) is 4.97. The molecule has 44 valence electrons. The molecule has 0 N–H and O–H groups in total. The topological polar surface area (TPSA) is 21.7 Å². The van der Waals surface area contributed by atoms with Crippen LogP contribution in [-0.2, 0) is 9.57 Å². The first-order valence-electron chi connectivity index (χ1n) is 2.06. The smallest absolute Gasteiger partial charge is 0.166 e. The third kappa shape index (κ3) is 5.88. The van der Waals surface area contributed by atoms with Crippen molar-refractivity contribution in [2.45, 2.75) is 0 Å². The maximum atomic E-state index is 4.80. The summed E-state index contributed by atoms with van der Waals surface area (Å²) in [6.45, 7) is 0.326. The predicted octanol–water partition coefficient (Wildman–Crippen LogP) is 0.0835. The van der Waals surface area contributed by atoms with Gasteiger partial charge in [0.1, 0.15) is 0 Å². The summed E-state index contributed by atoms with van der Waals surface area (Å²) in [5, 5.41) is 1.59. The molecule has 0 aliphatic carbocycles. The van der Waals surface area contributed by atoms with Crippen LogP contribution >= 0.6 is 0 Å². The molecule has 0 fully saturated rings. The average molecular weight is 105 g/mol. The van der Waals surface area contributed by atoms with Gasteiger partial charge in [-0.05, 0) is 0 Å². The second kappa shape index (κ2) is 4.05. The highest BCUT2D eigenvalue weighted by Crippen LogP contribution is 1.75. The first-order valence-corrected chi connectivity index (χ1v) is 2.06. The predicted molar refractivity (Wildman–Crippen MR) is 26.6 cm³/mol. The van der Waals surface area contributed by atoms with Gasteiger partial charge < -0.3 is 4.74 Å². The normalized spacial score (nSPS) is 10.3.